The van der Waals surface area contributed by atoms with Crippen molar-refractivity contribution in [1.29, 1.82) is 0 Å². The van der Waals surface area contributed by atoms with Gasteiger partial charge in [0.25, 0.3) is 0 Å². The predicted molar refractivity (Wildman–Crippen MR) is 86.3 cm³/mol. The van der Waals surface area contributed by atoms with Crippen molar-refractivity contribution in [2.24, 2.45) is 0 Å². The molecule has 4 heteroatoms. The minimum atomic E-state index is -0.358. The number of rotatable bonds is 5. The number of aliphatic hydroxyl groups excluding tert-OH is 1. The average Bonchev–Trinajstić information content (AvgIpc) is 3.11. The molecule has 2 heterocycles. The second-order valence-electron chi connectivity index (χ2n) is 6.15. The van der Waals surface area contributed by atoms with Gasteiger partial charge in [0.05, 0.1) is 0 Å². The van der Waals surface area contributed by atoms with Gasteiger partial charge in [-0.25, -0.2) is 0 Å². The van der Waals surface area contributed by atoms with Gasteiger partial charge in [0, 0.05) is 36.2 Å². The molecule has 1 saturated heterocycles. The molecule has 0 spiro atoms. The minimum absolute atomic E-state index is 0.358. The van der Waals surface area contributed by atoms with E-state index in [1.165, 1.54) is 16.5 Å². The zero-order valence-electron chi connectivity index (χ0n) is 12.9. The highest BCUT2D eigenvalue weighted by molar-refractivity contribution is 5.83. The van der Waals surface area contributed by atoms with Crippen LogP contribution in [0.5, 0.6) is 0 Å². The molecule has 0 bridgehead atoms. The lowest BCUT2D eigenvalue weighted by Crippen LogP contribution is -2.40. The van der Waals surface area contributed by atoms with Crippen LogP contribution < -0.4 is 0 Å². The standard InChI is InChI=1S/C17H25N3O/c1-13(21)19(2)15-8-10-20(12-15)9-7-14-11-18-17-6-4-3-5-16(14)17/h3-6,11,13,15,18,21H,7-10,12H2,1-2H3/t13?,15-/m0/s1. The Labute approximate surface area is 126 Å². The summed E-state index contributed by atoms with van der Waals surface area (Å²) in [6.45, 7) is 5.12. The van der Waals surface area contributed by atoms with Crippen LogP contribution in [0.15, 0.2) is 30.5 Å². The molecule has 0 aliphatic carbocycles. The molecule has 0 saturated carbocycles. The molecule has 114 valence electrons. The summed E-state index contributed by atoms with van der Waals surface area (Å²) in [4.78, 5) is 7.93. The van der Waals surface area contributed by atoms with Gasteiger partial charge in [-0.15, -0.1) is 0 Å². The van der Waals surface area contributed by atoms with Gasteiger partial charge in [0.15, 0.2) is 0 Å². The highest BCUT2D eigenvalue weighted by Crippen LogP contribution is 2.20. The van der Waals surface area contributed by atoms with E-state index in [2.05, 4.69) is 45.2 Å². The second kappa shape index (κ2) is 6.18. The SMILES string of the molecule is CC(O)N(C)[C@H]1CCN(CCc2c[nH]c3ccccc23)C1. The molecule has 0 amide bonds. The number of nitrogens with one attached hydrogen (secondary N) is 1. The maximum Gasteiger partial charge on any atom is 0.104 e. The monoisotopic (exact) mass is 287 g/mol. The van der Waals surface area contributed by atoms with Gasteiger partial charge < -0.3 is 15.0 Å². The van der Waals surface area contributed by atoms with Crippen LogP contribution in [-0.4, -0.2) is 58.8 Å². The Balaban J connectivity index is 1.57. The van der Waals surface area contributed by atoms with Crippen molar-refractivity contribution in [2.45, 2.75) is 32.0 Å². The minimum Gasteiger partial charge on any atom is -0.379 e. The zero-order chi connectivity index (χ0) is 14.8. The molecule has 1 aliphatic heterocycles. The molecule has 1 aromatic heterocycles. The van der Waals surface area contributed by atoms with Gasteiger partial charge in [-0.2, -0.15) is 0 Å². The molecule has 1 aliphatic rings. The van der Waals surface area contributed by atoms with E-state index >= 15 is 0 Å². The van der Waals surface area contributed by atoms with E-state index in [9.17, 15) is 5.11 Å². The largest absolute Gasteiger partial charge is 0.379 e. The smallest absolute Gasteiger partial charge is 0.104 e. The fraction of sp³-hybridized carbons (Fsp3) is 0.529. The Hall–Kier alpha value is -1.36. The van der Waals surface area contributed by atoms with Crippen LogP contribution >= 0.6 is 0 Å². The average molecular weight is 287 g/mol. The van der Waals surface area contributed by atoms with Gasteiger partial charge in [0.2, 0.25) is 0 Å². The second-order valence-corrected chi connectivity index (χ2v) is 6.15. The van der Waals surface area contributed by atoms with Crippen LogP contribution in [0.25, 0.3) is 10.9 Å². The summed E-state index contributed by atoms with van der Waals surface area (Å²) in [6.07, 6.45) is 4.01. The summed E-state index contributed by atoms with van der Waals surface area (Å²) in [6, 6.07) is 8.97. The van der Waals surface area contributed by atoms with Gasteiger partial charge in [-0.05, 0) is 45.0 Å². The Bertz CT molecular complexity index is 592. The first-order chi connectivity index (χ1) is 10.1. The maximum atomic E-state index is 9.67. The lowest BCUT2D eigenvalue weighted by molar-refractivity contribution is 0.0110. The van der Waals surface area contributed by atoms with E-state index in [1.807, 2.05) is 14.0 Å². The highest BCUT2D eigenvalue weighted by atomic mass is 16.3. The van der Waals surface area contributed by atoms with Crippen LogP contribution in [0.4, 0.5) is 0 Å². The van der Waals surface area contributed by atoms with Crippen molar-refractivity contribution in [2.75, 3.05) is 26.7 Å². The summed E-state index contributed by atoms with van der Waals surface area (Å²) >= 11 is 0. The van der Waals surface area contributed by atoms with Crippen molar-refractivity contribution in [1.82, 2.24) is 14.8 Å². The van der Waals surface area contributed by atoms with Crippen molar-refractivity contribution in [3.63, 3.8) is 0 Å². The number of nitrogens with zero attached hydrogens (tertiary/aromatic N) is 2. The maximum absolute atomic E-state index is 9.67. The van der Waals surface area contributed by atoms with Crippen LogP contribution in [-0.2, 0) is 6.42 Å². The van der Waals surface area contributed by atoms with Crippen LogP contribution in [0, 0.1) is 0 Å². The normalized spacial score (nSPS) is 21.4. The number of fused-ring (bicyclic) bond motifs is 1. The number of hydrogen-bond donors (Lipinski definition) is 2. The van der Waals surface area contributed by atoms with Crippen molar-refractivity contribution >= 4 is 10.9 Å². The topological polar surface area (TPSA) is 42.5 Å². The fourth-order valence-corrected chi connectivity index (χ4v) is 3.27. The summed E-state index contributed by atoms with van der Waals surface area (Å²) in [5.74, 6) is 0. The van der Waals surface area contributed by atoms with E-state index in [0.717, 1.165) is 32.5 Å². The van der Waals surface area contributed by atoms with Gasteiger partial charge in [0.1, 0.15) is 6.23 Å². The Morgan fingerprint density at radius 1 is 1.43 bits per heavy atom. The third-order valence-electron chi connectivity index (χ3n) is 4.79. The molecule has 2 N–H and O–H groups in total. The van der Waals surface area contributed by atoms with Crippen LogP contribution in [0.1, 0.15) is 18.9 Å². The molecule has 3 rings (SSSR count). The number of hydrogen-bond acceptors (Lipinski definition) is 3. The van der Waals surface area contributed by atoms with E-state index in [1.54, 1.807) is 0 Å². The van der Waals surface area contributed by atoms with E-state index < -0.39 is 0 Å². The number of aromatic amines is 1. The number of aromatic nitrogens is 1. The first-order valence-electron chi connectivity index (χ1n) is 7.82. The van der Waals surface area contributed by atoms with Crippen molar-refractivity contribution < 1.29 is 5.11 Å². The molecule has 1 aromatic carbocycles. The molecule has 21 heavy (non-hydrogen) atoms. The molecule has 1 fully saturated rings. The third-order valence-corrected chi connectivity index (χ3v) is 4.79. The lowest BCUT2D eigenvalue weighted by atomic mass is 10.1. The molecule has 2 atom stereocenters. The van der Waals surface area contributed by atoms with Crippen LogP contribution in [0.2, 0.25) is 0 Å². The number of aliphatic hydroxyl groups is 1. The number of likely N-dealkylation sites (tertiary alicyclic amines) is 1. The van der Waals surface area contributed by atoms with Crippen molar-refractivity contribution in [3.8, 4) is 0 Å². The Kier molecular flexibility index (Phi) is 4.29. The predicted octanol–water partition coefficient (Wildman–Crippen LogP) is 2.05. The lowest BCUT2D eigenvalue weighted by Gasteiger charge is -2.27. The Morgan fingerprint density at radius 3 is 3.05 bits per heavy atom. The van der Waals surface area contributed by atoms with Gasteiger partial charge in [-0.3, -0.25) is 4.90 Å². The molecular weight excluding hydrogens is 262 g/mol. The van der Waals surface area contributed by atoms with Crippen molar-refractivity contribution in [3.05, 3.63) is 36.0 Å². The number of likely N-dealkylation sites (N-methyl/N-ethyl adjacent to an activating group) is 1. The first kappa shape index (κ1) is 14.6. The number of para-hydroxylation sites is 1. The third kappa shape index (κ3) is 3.12. The van der Waals surface area contributed by atoms with Crippen LogP contribution in [0.3, 0.4) is 0 Å². The summed E-state index contributed by atoms with van der Waals surface area (Å²) in [7, 11) is 2.01. The molecule has 4 nitrogen and oxygen atoms in total. The molecule has 2 aromatic rings. The first-order valence-corrected chi connectivity index (χ1v) is 7.82. The molecular formula is C17H25N3O. The summed E-state index contributed by atoms with van der Waals surface area (Å²) in [5.41, 5.74) is 2.62. The quantitative estimate of drug-likeness (QED) is 0.827. The number of H-pyrrole nitrogens is 1. The van der Waals surface area contributed by atoms with E-state index in [-0.39, 0.29) is 6.23 Å². The zero-order valence-corrected chi connectivity index (χ0v) is 12.9. The van der Waals surface area contributed by atoms with E-state index in [4.69, 9.17) is 0 Å². The summed E-state index contributed by atoms with van der Waals surface area (Å²) < 4.78 is 0. The molecule has 1 unspecified atom stereocenters. The van der Waals surface area contributed by atoms with Gasteiger partial charge in [-0.1, -0.05) is 18.2 Å². The number of benzene rings is 1. The highest BCUT2D eigenvalue weighted by Gasteiger charge is 2.27. The van der Waals surface area contributed by atoms with E-state index in [0.29, 0.717) is 6.04 Å². The molecule has 0 radical (unpaired) electrons. The van der Waals surface area contributed by atoms with Gasteiger partial charge >= 0.3 is 0 Å². The summed E-state index contributed by atoms with van der Waals surface area (Å²) in [5, 5.41) is 11.0. The fourth-order valence-electron chi connectivity index (χ4n) is 3.27. The Morgan fingerprint density at radius 2 is 2.24 bits per heavy atom.